The Hall–Kier alpha value is -1.06. The van der Waals surface area contributed by atoms with Gasteiger partial charge in [0.05, 0.1) is 22.4 Å². The number of aliphatic hydroxyl groups excluding tert-OH is 1. The van der Waals surface area contributed by atoms with Gasteiger partial charge in [0.1, 0.15) is 0 Å². The number of thioether (sulfide) groups is 1. The average molecular weight is 390 g/mol. The third kappa shape index (κ3) is 5.22. The van der Waals surface area contributed by atoms with Crippen LogP contribution in [0.25, 0.3) is 10.6 Å². The molecule has 2 unspecified atom stereocenters. The molecule has 0 aromatic carbocycles. The van der Waals surface area contributed by atoms with Gasteiger partial charge in [-0.15, -0.1) is 35.5 Å². The number of carbonyl (C=O) groups excluding carboxylic acids is 1. The molecular formula is C15H20ClN3O3S2. The molecule has 3 N–H and O–H groups in total. The molecule has 24 heavy (non-hydrogen) atoms. The number of aromatic nitrogens is 1. The Morgan fingerprint density at radius 3 is 3.12 bits per heavy atom. The lowest BCUT2D eigenvalue weighted by Crippen LogP contribution is -2.35. The summed E-state index contributed by atoms with van der Waals surface area (Å²) in [6.07, 6.45) is -0.367. The van der Waals surface area contributed by atoms with Crippen LogP contribution in [0.15, 0.2) is 28.1 Å². The van der Waals surface area contributed by atoms with Gasteiger partial charge >= 0.3 is 0 Å². The normalized spacial score (nSPS) is 19.9. The molecule has 2 atom stereocenters. The Morgan fingerprint density at radius 1 is 1.54 bits per heavy atom. The lowest BCUT2D eigenvalue weighted by molar-refractivity contribution is -0.118. The summed E-state index contributed by atoms with van der Waals surface area (Å²) in [5.74, 6) is 1.86. The minimum atomic E-state index is -0.367. The largest absolute Gasteiger partial charge is 0.391 e. The highest BCUT2D eigenvalue weighted by Crippen LogP contribution is 2.26. The van der Waals surface area contributed by atoms with Crippen LogP contribution in [0.5, 0.6) is 0 Å². The van der Waals surface area contributed by atoms with Crippen LogP contribution < -0.4 is 10.6 Å². The van der Waals surface area contributed by atoms with Gasteiger partial charge < -0.3 is 20.3 Å². The second-order valence-corrected chi connectivity index (χ2v) is 7.38. The Morgan fingerprint density at radius 2 is 2.42 bits per heavy atom. The van der Waals surface area contributed by atoms with E-state index in [2.05, 4.69) is 15.8 Å². The summed E-state index contributed by atoms with van der Waals surface area (Å²) in [4.78, 5) is 12.9. The molecule has 6 nitrogen and oxygen atoms in total. The lowest BCUT2D eigenvalue weighted by Gasteiger charge is -2.13. The van der Waals surface area contributed by atoms with Gasteiger partial charge in [0.15, 0.2) is 5.76 Å². The summed E-state index contributed by atoms with van der Waals surface area (Å²) >= 11 is 3.11. The van der Waals surface area contributed by atoms with E-state index in [0.717, 1.165) is 22.9 Å². The maximum Gasteiger partial charge on any atom is 0.230 e. The van der Waals surface area contributed by atoms with E-state index in [1.165, 1.54) is 11.8 Å². The molecule has 132 valence electrons. The van der Waals surface area contributed by atoms with Gasteiger partial charge in [-0.25, -0.2) is 0 Å². The average Bonchev–Trinajstić information content (AvgIpc) is 3.26. The van der Waals surface area contributed by atoms with Gasteiger partial charge in [0.2, 0.25) is 5.91 Å². The molecule has 9 heteroatoms. The number of amides is 1. The Balaban J connectivity index is 0.00000208. The molecule has 2 aromatic rings. The smallest absolute Gasteiger partial charge is 0.230 e. The van der Waals surface area contributed by atoms with Crippen molar-refractivity contribution in [2.75, 3.05) is 25.4 Å². The number of β-amino-alcohol motifs (C(OH)–C–C–N with tert-alkyl or cyclic N) is 1. The monoisotopic (exact) mass is 389 g/mol. The fourth-order valence-electron chi connectivity index (χ4n) is 2.39. The summed E-state index contributed by atoms with van der Waals surface area (Å²) in [5, 5.41) is 21.7. The first-order valence-electron chi connectivity index (χ1n) is 7.45. The fraction of sp³-hybridized carbons (Fsp3) is 0.467. The molecule has 2 aromatic heterocycles. The molecule has 3 rings (SSSR count). The molecule has 1 amide bonds. The zero-order valence-electron chi connectivity index (χ0n) is 12.9. The maximum atomic E-state index is 11.8. The zero-order valence-corrected chi connectivity index (χ0v) is 15.4. The predicted molar refractivity (Wildman–Crippen MR) is 98.6 cm³/mol. The Labute approximate surface area is 154 Å². The predicted octanol–water partition coefficient (Wildman–Crippen LogP) is 1.75. The molecule has 3 heterocycles. The molecule has 1 aliphatic heterocycles. The Bertz CT molecular complexity index is 636. The lowest BCUT2D eigenvalue weighted by atomic mass is 10.1. The van der Waals surface area contributed by atoms with E-state index in [4.69, 9.17) is 4.52 Å². The number of hydrogen-bond acceptors (Lipinski definition) is 7. The zero-order chi connectivity index (χ0) is 16.1. The van der Waals surface area contributed by atoms with Crippen molar-refractivity contribution in [2.24, 2.45) is 5.92 Å². The van der Waals surface area contributed by atoms with Gasteiger partial charge in [0.25, 0.3) is 0 Å². The minimum Gasteiger partial charge on any atom is -0.391 e. The number of carbonyl (C=O) groups is 1. The van der Waals surface area contributed by atoms with E-state index >= 15 is 0 Å². The van der Waals surface area contributed by atoms with E-state index in [1.54, 1.807) is 11.3 Å². The van der Waals surface area contributed by atoms with Crippen LogP contribution >= 0.6 is 35.5 Å². The van der Waals surface area contributed by atoms with Crippen molar-refractivity contribution in [3.8, 4) is 10.6 Å². The highest BCUT2D eigenvalue weighted by atomic mass is 35.5. The fourth-order valence-corrected chi connectivity index (χ4v) is 3.79. The molecule has 0 spiro atoms. The topological polar surface area (TPSA) is 87.4 Å². The van der Waals surface area contributed by atoms with E-state index in [0.29, 0.717) is 24.6 Å². The van der Waals surface area contributed by atoms with Gasteiger partial charge in [0, 0.05) is 37.4 Å². The van der Waals surface area contributed by atoms with Crippen molar-refractivity contribution in [3.63, 3.8) is 0 Å². The number of rotatable bonds is 7. The SMILES string of the molecule is Cl.O=C(CSCc1cc(-c2cccs2)on1)NCC1CNCC1O. The van der Waals surface area contributed by atoms with Crippen LogP contribution in [0.3, 0.4) is 0 Å². The third-order valence-electron chi connectivity index (χ3n) is 3.67. The molecule has 1 saturated heterocycles. The molecule has 1 fully saturated rings. The standard InChI is InChI=1S/C15H19N3O3S2.ClH/c19-12-7-16-5-10(12)6-17-15(20)9-22-8-11-4-13(21-18-11)14-2-1-3-23-14;/h1-4,10,12,16,19H,5-9H2,(H,17,20);1H. The minimum absolute atomic E-state index is 0. The summed E-state index contributed by atoms with van der Waals surface area (Å²) in [5.41, 5.74) is 0.835. The van der Waals surface area contributed by atoms with Crippen molar-refractivity contribution in [2.45, 2.75) is 11.9 Å². The summed E-state index contributed by atoms with van der Waals surface area (Å²) in [7, 11) is 0. The molecule has 0 radical (unpaired) electrons. The van der Waals surface area contributed by atoms with E-state index in [1.807, 2.05) is 23.6 Å². The van der Waals surface area contributed by atoms with Crippen molar-refractivity contribution in [3.05, 3.63) is 29.3 Å². The Kier molecular flexibility index (Phi) is 7.57. The van der Waals surface area contributed by atoms with Crippen molar-refractivity contribution in [1.82, 2.24) is 15.8 Å². The van der Waals surface area contributed by atoms with Gasteiger partial charge in [-0.1, -0.05) is 11.2 Å². The van der Waals surface area contributed by atoms with Crippen LogP contribution in [-0.2, 0) is 10.5 Å². The number of thiophene rings is 1. The van der Waals surface area contributed by atoms with Gasteiger partial charge in [-0.05, 0) is 11.4 Å². The highest BCUT2D eigenvalue weighted by Gasteiger charge is 2.24. The van der Waals surface area contributed by atoms with Crippen LogP contribution in [0.2, 0.25) is 0 Å². The first-order valence-corrected chi connectivity index (χ1v) is 9.48. The van der Waals surface area contributed by atoms with Crippen LogP contribution in [0, 0.1) is 5.92 Å². The first-order chi connectivity index (χ1) is 11.2. The third-order valence-corrected chi connectivity index (χ3v) is 5.52. The number of halogens is 1. The summed E-state index contributed by atoms with van der Waals surface area (Å²) in [6, 6.07) is 5.87. The number of nitrogens with one attached hydrogen (secondary N) is 2. The van der Waals surface area contributed by atoms with E-state index < -0.39 is 0 Å². The molecule has 1 aliphatic rings. The molecule has 0 aliphatic carbocycles. The van der Waals surface area contributed by atoms with Gasteiger partial charge in [-0.2, -0.15) is 0 Å². The number of hydrogen-bond donors (Lipinski definition) is 3. The van der Waals surface area contributed by atoms with Crippen molar-refractivity contribution < 1.29 is 14.4 Å². The molecule has 0 bridgehead atoms. The van der Waals surface area contributed by atoms with Gasteiger partial charge in [-0.3, -0.25) is 4.79 Å². The number of aliphatic hydroxyl groups is 1. The summed E-state index contributed by atoms with van der Waals surface area (Å²) in [6.45, 7) is 1.87. The summed E-state index contributed by atoms with van der Waals surface area (Å²) < 4.78 is 5.31. The second kappa shape index (κ2) is 9.43. The van der Waals surface area contributed by atoms with Crippen LogP contribution in [0.4, 0.5) is 0 Å². The molecular weight excluding hydrogens is 370 g/mol. The van der Waals surface area contributed by atoms with E-state index in [-0.39, 0.29) is 30.3 Å². The van der Waals surface area contributed by atoms with Crippen molar-refractivity contribution in [1.29, 1.82) is 0 Å². The van der Waals surface area contributed by atoms with E-state index in [9.17, 15) is 9.90 Å². The van der Waals surface area contributed by atoms with Crippen LogP contribution in [0.1, 0.15) is 5.69 Å². The molecule has 0 saturated carbocycles. The number of nitrogens with zero attached hydrogens (tertiary/aromatic N) is 1. The van der Waals surface area contributed by atoms with Crippen LogP contribution in [-0.4, -0.2) is 47.7 Å². The highest BCUT2D eigenvalue weighted by molar-refractivity contribution is 7.99. The first kappa shape index (κ1) is 19.3. The quantitative estimate of drug-likeness (QED) is 0.668. The maximum absolute atomic E-state index is 11.8. The van der Waals surface area contributed by atoms with Crippen molar-refractivity contribution >= 4 is 41.4 Å². The second-order valence-electron chi connectivity index (χ2n) is 5.44.